The van der Waals surface area contributed by atoms with Gasteiger partial charge in [-0.05, 0) is 0 Å². The Kier molecular flexibility index (Phi) is 4.13. The molecule has 0 amide bonds. The number of nitrogens with zero attached hydrogens (tertiary/aromatic N) is 2. The fraction of sp³-hybridized carbons (Fsp3) is 0.312. The van der Waals surface area contributed by atoms with Crippen molar-refractivity contribution >= 4 is 5.69 Å². The summed E-state index contributed by atoms with van der Waals surface area (Å²) in [5.41, 5.74) is 1.85. The second-order valence-corrected chi connectivity index (χ2v) is 5.28. The molecule has 6 heteroatoms. The van der Waals surface area contributed by atoms with E-state index in [0.29, 0.717) is 18.8 Å². The number of hydrogen-bond acceptors (Lipinski definition) is 4. The first-order chi connectivity index (χ1) is 10.6. The zero-order valence-electron chi connectivity index (χ0n) is 12.2. The smallest absolute Gasteiger partial charge is 0.269 e. The molecule has 0 bridgehead atoms. The van der Waals surface area contributed by atoms with Gasteiger partial charge in [0.05, 0.1) is 24.1 Å². The number of pyridine rings is 1. The van der Waals surface area contributed by atoms with E-state index < -0.39 is 11.2 Å². The van der Waals surface area contributed by atoms with Crippen molar-refractivity contribution in [1.82, 2.24) is 0 Å². The third-order valence-electron chi connectivity index (χ3n) is 3.76. The number of ether oxygens (including phenoxy) is 2. The molecule has 0 unspecified atom stereocenters. The van der Waals surface area contributed by atoms with E-state index in [4.69, 9.17) is 9.47 Å². The van der Waals surface area contributed by atoms with Crippen molar-refractivity contribution in [1.29, 1.82) is 0 Å². The largest absolute Gasteiger partial charge is 0.347 e. The van der Waals surface area contributed by atoms with Crippen LogP contribution in [0.25, 0.3) is 0 Å². The molecule has 0 spiro atoms. The average molecular weight is 301 g/mol. The van der Waals surface area contributed by atoms with Crippen LogP contribution in [0.5, 0.6) is 0 Å². The average Bonchev–Trinajstić information content (AvgIpc) is 2.56. The van der Waals surface area contributed by atoms with Crippen molar-refractivity contribution in [2.75, 3.05) is 13.2 Å². The van der Waals surface area contributed by atoms with Gasteiger partial charge in [-0.3, -0.25) is 10.1 Å². The number of non-ortho nitro benzene ring substituents is 1. The first kappa shape index (κ1) is 14.6. The van der Waals surface area contributed by atoms with Gasteiger partial charge in [0.1, 0.15) is 7.05 Å². The maximum Gasteiger partial charge on any atom is 0.269 e. The van der Waals surface area contributed by atoms with E-state index in [-0.39, 0.29) is 11.6 Å². The Morgan fingerprint density at radius 2 is 1.95 bits per heavy atom. The van der Waals surface area contributed by atoms with Crippen molar-refractivity contribution in [2.24, 2.45) is 7.05 Å². The third kappa shape index (κ3) is 2.98. The molecule has 1 aliphatic heterocycles. The normalized spacial score (nSPS) is 21.5. The van der Waals surface area contributed by atoms with Crippen LogP contribution < -0.4 is 4.57 Å². The van der Waals surface area contributed by atoms with Gasteiger partial charge in [0.25, 0.3) is 5.69 Å². The minimum absolute atomic E-state index is 0.0429. The van der Waals surface area contributed by atoms with Crippen molar-refractivity contribution in [3.63, 3.8) is 0 Å². The van der Waals surface area contributed by atoms with Crippen LogP contribution >= 0.6 is 0 Å². The molecule has 0 saturated carbocycles. The molecule has 6 nitrogen and oxygen atoms in total. The van der Waals surface area contributed by atoms with Crippen molar-refractivity contribution in [3.8, 4) is 0 Å². The first-order valence-corrected chi connectivity index (χ1v) is 7.07. The van der Waals surface area contributed by atoms with Gasteiger partial charge in [-0.1, -0.05) is 18.2 Å². The van der Waals surface area contributed by atoms with Crippen molar-refractivity contribution in [2.45, 2.75) is 12.2 Å². The van der Waals surface area contributed by atoms with Gasteiger partial charge in [-0.25, -0.2) is 4.57 Å². The highest BCUT2D eigenvalue weighted by Gasteiger charge is 2.29. The van der Waals surface area contributed by atoms with Gasteiger partial charge in [-0.2, -0.15) is 0 Å². The van der Waals surface area contributed by atoms with Crippen LogP contribution in [-0.2, 0) is 16.5 Å². The lowest BCUT2D eigenvalue weighted by Gasteiger charge is -2.28. The second-order valence-electron chi connectivity index (χ2n) is 5.28. The van der Waals surface area contributed by atoms with Gasteiger partial charge in [0.2, 0.25) is 0 Å². The van der Waals surface area contributed by atoms with Crippen LogP contribution in [0.15, 0.2) is 48.7 Å². The van der Waals surface area contributed by atoms with Crippen LogP contribution in [0.4, 0.5) is 5.69 Å². The number of aryl methyl sites for hydroxylation is 1. The fourth-order valence-electron chi connectivity index (χ4n) is 2.61. The second kappa shape index (κ2) is 6.21. The standard InChI is InChI=1S/C16H17N2O4/c1-17-8-3-2-7-15(17)13-10-21-16(22-11-13)12-5-4-6-14(9-12)18(19)20/h2-9,13,16H,10-11H2,1H3/q+1. The highest BCUT2D eigenvalue weighted by Crippen LogP contribution is 2.30. The quantitative estimate of drug-likeness (QED) is 0.495. The van der Waals surface area contributed by atoms with Gasteiger partial charge in [0, 0.05) is 29.8 Å². The number of nitro groups is 1. The summed E-state index contributed by atoms with van der Waals surface area (Å²) in [6.45, 7) is 1.04. The van der Waals surface area contributed by atoms with E-state index in [2.05, 4.69) is 0 Å². The highest BCUT2D eigenvalue weighted by molar-refractivity contribution is 5.34. The molecule has 0 radical (unpaired) electrons. The summed E-state index contributed by atoms with van der Waals surface area (Å²) in [6.07, 6.45) is 1.44. The molecular weight excluding hydrogens is 284 g/mol. The molecule has 3 rings (SSSR count). The van der Waals surface area contributed by atoms with Crippen LogP contribution in [0.3, 0.4) is 0 Å². The van der Waals surface area contributed by atoms with Gasteiger partial charge in [-0.15, -0.1) is 0 Å². The Hall–Kier alpha value is -2.31. The van der Waals surface area contributed by atoms with E-state index >= 15 is 0 Å². The van der Waals surface area contributed by atoms with Gasteiger partial charge < -0.3 is 9.47 Å². The molecule has 22 heavy (non-hydrogen) atoms. The number of hydrogen-bond donors (Lipinski definition) is 0. The lowest BCUT2D eigenvalue weighted by atomic mass is 10.1. The lowest BCUT2D eigenvalue weighted by molar-refractivity contribution is -0.681. The molecule has 1 fully saturated rings. The molecule has 0 N–H and O–H groups in total. The van der Waals surface area contributed by atoms with Crippen LogP contribution in [0.2, 0.25) is 0 Å². The summed E-state index contributed by atoms with van der Waals surface area (Å²) in [5.74, 6) is 0.154. The molecule has 0 aliphatic carbocycles. The molecule has 1 aliphatic rings. The lowest BCUT2D eigenvalue weighted by Crippen LogP contribution is -2.38. The summed E-state index contributed by atoms with van der Waals surface area (Å²) >= 11 is 0. The molecule has 1 aromatic heterocycles. The Morgan fingerprint density at radius 1 is 1.18 bits per heavy atom. The van der Waals surface area contributed by atoms with Crippen LogP contribution in [0.1, 0.15) is 23.5 Å². The fourth-order valence-corrected chi connectivity index (χ4v) is 2.61. The summed E-state index contributed by atoms with van der Waals surface area (Å²) in [6, 6.07) is 12.4. The summed E-state index contributed by atoms with van der Waals surface area (Å²) < 4.78 is 13.6. The van der Waals surface area contributed by atoms with Crippen LogP contribution in [0, 0.1) is 10.1 Å². The van der Waals surface area contributed by atoms with Gasteiger partial charge >= 0.3 is 0 Å². The zero-order valence-corrected chi connectivity index (χ0v) is 12.2. The van der Waals surface area contributed by atoms with Crippen molar-refractivity contribution < 1.29 is 19.0 Å². The number of benzene rings is 1. The highest BCUT2D eigenvalue weighted by atomic mass is 16.7. The number of rotatable bonds is 3. The minimum atomic E-state index is -0.551. The van der Waals surface area contributed by atoms with Crippen LogP contribution in [-0.4, -0.2) is 18.1 Å². The van der Waals surface area contributed by atoms with Crippen molar-refractivity contribution in [3.05, 3.63) is 70.0 Å². The summed E-state index contributed by atoms with van der Waals surface area (Å²) in [5, 5.41) is 10.8. The van der Waals surface area contributed by atoms with E-state index in [1.54, 1.807) is 12.1 Å². The van der Waals surface area contributed by atoms with E-state index in [0.717, 1.165) is 5.69 Å². The topological polar surface area (TPSA) is 65.5 Å². The maximum atomic E-state index is 10.8. The Morgan fingerprint density at radius 3 is 2.64 bits per heavy atom. The number of nitro benzene ring substituents is 1. The zero-order chi connectivity index (χ0) is 15.5. The molecule has 1 saturated heterocycles. The van der Waals surface area contributed by atoms with Gasteiger partial charge in [0.15, 0.2) is 18.2 Å². The maximum absolute atomic E-state index is 10.8. The van der Waals surface area contributed by atoms with E-state index in [9.17, 15) is 10.1 Å². The SMILES string of the molecule is C[n+]1ccccc1C1COC(c2cccc([N+](=O)[O-])c2)OC1. The number of aromatic nitrogens is 1. The predicted octanol–water partition coefficient (Wildman–Crippen LogP) is 2.25. The third-order valence-corrected chi connectivity index (χ3v) is 3.76. The summed E-state index contributed by atoms with van der Waals surface area (Å²) in [7, 11) is 1.99. The monoisotopic (exact) mass is 301 g/mol. The van der Waals surface area contributed by atoms with E-state index in [1.807, 2.05) is 36.0 Å². The molecular formula is C16H17N2O4+. The predicted molar refractivity (Wildman–Crippen MR) is 78.1 cm³/mol. The Labute approximate surface area is 128 Å². The minimum Gasteiger partial charge on any atom is -0.347 e. The molecule has 114 valence electrons. The molecule has 1 aromatic carbocycles. The molecule has 2 heterocycles. The van der Waals surface area contributed by atoms with E-state index in [1.165, 1.54) is 12.1 Å². The molecule has 0 atom stereocenters. The Bertz CT molecular complexity index is 681. The first-order valence-electron chi connectivity index (χ1n) is 7.07. The molecule has 2 aromatic rings. The Balaban J connectivity index is 1.71. The summed E-state index contributed by atoms with van der Waals surface area (Å²) in [4.78, 5) is 10.4.